The van der Waals surface area contributed by atoms with Crippen molar-refractivity contribution < 1.29 is 14.7 Å². The molecule has 2 atom stereocenters. The van der Waals surface area contributed by atoms with Crippen LogP contribution in [0.25, 0.3) is 0 Å². The highest BCUT2D eigenvalue weighted by Gasteiger charge is 2.22. The van der Waals surface area contributed by atoms with Crippen LogP contribution in [-0.4, -0.2) is 54.7 Å². The minimum atomic E-state index is -0.900. The smallest absolute Gasteiger partial charge is 0.315 e. The molecule has 1 saturated heterocycles. The van der Waals surface area contributed by atoms with E-state index in [-0.39, 0.29) is 12.1 Å². The van der Waals surface area contributed by atoms with Crippen LogP contribution < -0.4 is 10.6 Å². The van der Waals surface area contributed by atoms with E-state index in [1.165, 1.54) is 0 Å². The second-order valence-corrected chi connectivity index (χ2v) is 5.52. The summed E-state index contributed by atoms with van der Waals surface area (Å²) in [5, 5.41) is 14.3. The highest BCUT2D eigenvalue weighted by atomic mass is 16.4. The van der Waals surface area contributed by atoms with Crippen LogP contribution in [0.15, 0.2) is 0 Å². The molecule has 2 amide bonds. The van der Waals surface area contributed by atoms with Gasteiger partial charge in [0.2, 0.25) is 0 Å². The second kappa shape index (κ2) is 7.33. The van der Waals surface area contributed by atoms with Crippen molar-refractivity contribution in [3.63, 3.8) is 0 Å². The van der Waals surface area contributed by atoms with Gasteiger partial charge in [0.05, 0.1) is 5.92 Å². The number of carbonyl (C=O) groups is 2. The summed E-state index contributed by atoms with van der Waals surface area (Å²) >= 11 is 0. The molecule has 6 nitrogen and oxygen atoms in total. The Hall–Kier alpha value is -1.30. The van der Waals surface area contributed by atoms with Gasteiger partial charge in [-0.05, 0) is 52.7 Å². The maximum atomic E-state index is 11.7. The third-order valence-corrected chi connectivity index (χ3v) is 3.89. The summed E-state index contributed by atoms with van der Waals surface area (Å²) in [6.45, 7) is 6.09. The lowest BCUT2D eigenvalue weighted by Gasteiger charge is -2.29. The van der Waals surface area contributed by atoms with Gasteiger partial charge in [-0.1, -0.05) is 0 Å². The molecule has 19 heavy (non-hydrogen) atoms. The van der Waals surface area contributed by atoms with E-state index < -0.39 is 11.9 Å². The Labute approximate surface area is 114 Å². The molecule has 1 fully saturated rings. The molecule has 0 spiro atoms. The van der Waals surface area contributed by atoms with Gasteiger partial charge in [-0.25, -0.2) is 4.79 Å². The van der Waals surface area contributed by atoms with Crippen molar-refractivity contribution in [3.8, 4) is 0 Å². The molecule has 2 unspecified atom stereocenters. The monoisotopic (exact) mass is 271 g/mol. The Morgan fingerprint density at radius 2 is 1.89 bits per heavy atom. The molecule has 0 radical (unpaired) electrons. The van der Waals surface area contributed by atoms with Crippen molar-refractivity contribution in [1.29, 1.82) is 0 Å². The van der Waals surface area contributed by atoms with Crippen LogP contribution in [0.5, 0.6) is 0 Å². The lowest BCUT2D eigenvalue weighted by atomic mass is 9.97. The summed E-state index contributed by atoms with van der Waals surface area (Å²) in [7, 11) is 2.10. The zero-order valence-electron chi connectivity index (χ0n) is 12.0. The van der Waals surface area contributed by atoms with Crippen molar-refractivity contribution in [3.05, 3.63) is 0 Å². The summed E-state index contributed by atoms with van der Waals surface area (Å²) in [4.78, 5) is 24.7. The van der Waals surface area contributed by atoms with Gasteiger partial charge in [0.15, 0.2) is 0 Å². The molecule has 0 aromatic rings. The molecule has 0 bridgehead atoms. The van der Waals surface area contributed by atoms with Gasteiger partial charge >= 0.3 is 12.0 Å². The summed E-state index contributed by atoms with van der Waals surface area (Å²) < 4.78 is 0. The number of urea groups is 1. The Bertz CT molecular complexity index is 314. The Morgan fingerprint density at radius 1 is 1.32 bits per heavy atom. The first kappa shape index (κ1) is 15.8. The third-order valence-electron chi connectivity index (χ3n) is 3.89. The predicted molar refractivity (Wildman–Crippen MR) is 73.0 cm³/mol. The molecule has 110 valence electrons. The molecule has 1 aliphatic heterocycles. The maximum Gasteiger partial charge on any atom is 0.315 e. The van der Waals surface area contributed by atoms with Crippen molar-refractivity contribution in [2.45, 2.75) is 32.7 Å². The first-order valence-electron chi connectivity index (χ1n) is 6.86. The highest BCUT2D eigenvalue weighted by molar-refractivity contribution is 5.76. The maximum absolute atomic E-state index is 11.7. The Morgan fingerprint density at radius 3 is 2.42 bits per heavy atom. The zero-order valence-corrected chi connectivity index (χ0v) is 12.0. The lowest BCUT2D eigenvalue weighted by molar-refractivity contribution is -0.141. The number of rotatable bonds is 5. The molecule has 1 rings (SSSR count). The number of piperidine rings is 1. The number of aliphatic carboxylic acids is 1. The third kappa shape index (κ3) is 5.46. The number of carboxylic acids is 1. The molecule has 1 heterocycles. The van der Waals surface area contributed by atoms with E-state index in [0.29, 0.717) is 12.5 Å². The summed E-state index contributed by atoms with van der Waals surface area (Å²) in [6, 6.07) is -0.658. The summed E-state index contributed by atoms with van der Waals surface area (Å²) in [5.74, 6) is -0.966. The van der Waals surface area contributed by atoms with Crippen molar-refractivity contribution in [2.24, 2.45) is 11.8 Å². The highest BCUT2D eigenvalue weighted by Crippen LogP contribution is 2.14. The second-order valence-electron chi connectivity index (χ2n) is 5.52. The van der Waals surface area contributed by atoms with E-state index in [1.807, 2.05) is 0 Å². The molecular formula is C13H25N3O3. The van der Waals surface area contributed by atoms with Crippen LogP contribution in [-0.2, 0) is 4.79 Å². The van der Waals surface area contributed by atoms with Gasteiger partial charge in [-0.2, -0.15) is 0 Å². The molecular weight excluding hydrogens is 246 g/mol. The number of likely N-dealkylation sites (tertiary alicyclic amines) is 1. The molecule has 0 aromatic carbocycles. The molecule has 1 aliphatic rings. The van der Waals surface area contributed by atoms with Crippen LogP contribution in [0, 0.1) is 11.8 Å². The fraction of sp³-hybridized carbons (Fsp3) is 0.846. The van der Waals surface area contributed by atoms with Crippen LogP contribution in [0.1, 0.15) is 26.7 Å². The number of nitrogens with one attached hydrogen (secondary N) is 2. The zero-order chi connectivity index (χ0) is 14.4. The van der Waals surface area contributed by atoms with Gasteiger partial charge in [0.1, 0.15) is 0 Å². The number of nitrogens with zero attached hydrogens (tertiary/aromatic N) is 1. The molecule has 0 aliphatic carbocycles. The van der Waals surface area contributed by atoms with E-state index in [4.69, 9.17) is 5.11 Å². The van der Waals surface area contributed by atoms with E-state index in [1.54, 1.807) is 13.8 Å². The van der Waals surface area contributed by atoms with Gasteiger partial charge in [-0.15, -0.1) is 0 Å². The van der Waals surface area contributed by atoms with Gasteiger partial charge in [-0.3, -0.25) is 4.79 Å². The summed E-state index contributed by atoms with van der Waals surface area (Å²) in [5.41, 5.74) is 0. The van der Waals surface area contributed by atoms with E-state index >= 15 is 0 Å². The molecule has 0 aromatic heterocycles. The Kier molecular flexibility index (Phi) is 6.08. The quantitative estimate of drug-likeness (QED) is 0.689. The Balaban J connectivity index is 2.22. The van der Waals surface area contributed by atoms with Crippen LogP contribution >= 0.6 is 0 Å². The fourth-order valence-corrected chi connectivity index (χ4v) is 2.10. The number of carbonyl (C=O) groups excluding carboxylic acids is 1. The standard InChI is InChI=1S/C13H25N3O3/c1-9(12(17)18)10(2)15-13(19)14-8-11-4-6-16(3)7-5-11/h9-11H,4-8H2,1-3H3,(H,17,18)(H2,14,15,19). The van der Waals surface area contributed by atoms with Crippen molar-refractivity contribution in [1.82, 2.24) is 15.5 Å². The number of hydrogen-bond acceptors (Lipinski definition) is 3. The number of hydrogen-bond donors (Lipinski definition) is 3. The number of carboxylic acid groups (broad SMARTS) is 1. The normalized spacial score (nSPS) is 20.6. The summed E-state index contributed by atoms with van der Waals surface area (Å²) in [6.07, 6.45) is 2.19. The SMILES string of the molecule is CC(NC(=O)NCC1CCN(C)CC1)C(C)C(=O)O. The minimum absolute atomic E-state index is 0.278. The van der Waals surface area contributed by atoms with Crippen molar-refractivity contribution in [2.75, 3.05) is 26.7 Å². The van der Waals surface area contributed by atoms with Crippen LogP contribution in [0.4, 0.5) is 4.79 Å². The van der Waals surface area contributed by atoms with E-state index in [2.05, 4.69) is 22.6 Å². The molecule has 3 N–H and O–H groups in total. The average Bonchev–Trinajstić information content (AvgIpc) is 2.37. The van der Waals surface area contributed by atoms with Gasteiger partial charge < -0.3 is 20.6 Å². The molecule has 6 heteroatoms. The number of amides is 2. The average molecular weight is 271 g/mol. The minimum Gasteiger partial charge on any atom is -0.481 e. The van der Waals surface area contributed by atoms with E-state index in [0.717, 1.165) is 25.9 Å². The van der Waals surface area contributed by atoms with E-state index in [9.17, 15) is 9.59 Å². The van der Waals surface area contributed by atoms with Gasteiger partial charge in [0, 0.05) is 12.6 Å². The lowest BCUT2D eigenvalue weighted by Crippen LogP contribution is -2.47. The first-order valence-corrected chi connectivity index (χ1v) is 6.86. The van der Waals surface area contributed by atoms with Crippen LogP contribution in [0.3, 0.4) is 0 Å². The largest absolute Gasteiger partial charge is 0.481 e. The fourth-order valence-electron chi connectivity index (χ4n) is 2.10. The topological polar surface area (TPSA) is 81.7 Å². The van der Waals surface area contributed by atoms with Crippen molar-refractivity contribution >= 4 is 12.0 Å². The molecule has 0 saturated carbocycles. The van der Waals surface area contributed by atoms with Gasteiger partial charge in [0.25, 0.3) is 0 Å². The van der Waals surface area contributed by atoms with Crippen LogP contribution in [0.2, 0.25) is 0 Å². The first-order chi connectivity index (χ1) is 8.90. The predicted octanol–water partition coefficient (Wildman–Crippen LogP) is 0.737.